The molecule has 0 aromatic heterocycles. The van der Waals surface area contributed by atoms with Crippen LogP contribution in [0.1, 0.15) is 11.1 Å². The van der Waals surface area contributed by atoms with Crippen molar-refractivity contribution >= 4 is 58.4 Å². The molecular weight excluding hydrogens is 385 g/mol. The monoisotopic (exact) mass is 397 g/mol. The number of anilines is 1. The number of benzene rings is 2. The van der Waals surface area contributed by atoms with Gasteiger partial charge in [0.1, 0.15) is 0 Å². The molecule has 0 unspecified atom stereocenters. The van der Waals surface area contributed by atoms with Gasteiger partial charge >= 0.3 is 5.97 Å². The van der Waals surface area contributed by atoms with Crippen molar-refractivity contribution in [3.8, 4) is 0 Å². The van der Waals surface area contributed by atoms with E-state index in [2.05, 4.69) is 5.32 Å². The van der Waals surface area contributed by atoms with Crippen molar-refractivity contribution in [2.75, 3.05) is 11.9 Å². The zero-order valence-corrected chi connectivity index (χ0v) is 15.5. The van der Waals surface area contributed by atoms with Crippen molar-refractivity contribution in [3.05, 3.63) is 68.7 Å². The Morgan fingerprint density at radius 2 is 1.80 bits per heavy atom. The Morgan fingerprint density at radius 3 is 2.44 bits per heavy atom. The summed E-state index contributed by atoms with van der Waals surface area (Å²) in [5.41, 5.74) is 2.15. The summed E-state index contributed by atoms with van der Waals surface area (Å²) in [5, 5.41) is 3.21. The number of esters is 1. The Labute approximate surface area is 160 Å². The van der Waals surface area contributed by atoms with Gasteiger partial charge in [0, 0.05) is 11.1 Å². The number of ether oxygens (including phenoxy) is 1. The van der Waals surface area contributed by atoms with Gasteiger partial charge in [-0.25, -0.2) is 4.79 Å². The number of hydrogen-bond donors (Lipinski definition) is 1. The number of aryl methyl sites for hydroxylation is 1. The molecule has 2 aromatic rings. The van der Waals surface area contributed by atoms with Crippen molar-refractivity contribution in [1.82, 2.24) is 0 Å². The lowest BCUT2D eigenvalue weighted by molar-refractivity contribution is -0.142. The van der Waals surface area contributed by atoms with Crippen molar-refractivity contribution in [1.29, 1.82) is 0 Å². The number of nitrogens with one attached hydrogen (secondary N) is 1. The zero-order valence-electron chi connectivity index (χ0n) is 13.2. The summed E-state index contributed by atoms with van der Waals surface area (Å²) in [6.45, 7) is 1.49. The lowest BCUT2D eigenvalue weighted by Gasteiger charge is -2.09. The first-order valence-electron chi connectivity index (χ1n) is 7.21. The lowest BCUT2D eigenvalue weighted by Crippen LogP contribution is -2.20. The first kappa shape index (κ1) is 19.3. The second-order valence-electron chi connectivity index (χ2n) is 5.15. The number of rotatable bonds is 5. The minimum Gasteiger partial charge on any atom is -0.452 e. The van der Waals surface area contributed by atoms with Crippen LogP contribution in [0.2, 0.25) is 15.1 Å². The summed E-state index contributed by atoms with van der Waals surface area (Å²) >= 11 is 17.7. The highest BCUT2D eigenvalue weighted by Gasteiger charge is 2.12. The van der Waals surface area contributed by atoms with E-state index in [-0.39, 0.29) is 15.7 Å². The minimum absolute atomic E-state index is 0.191. The van der Waals surface area contributed by atoms with E-state index in [9.17, 15) is 9.59 Å². The van der Waals surface area contributed by atoms with Crippen LogP contribution >= 0.6 is 34.8 Å². The van der Waals surface area contributed by atoms with Crippen LogP contribution < -0.4 is 5.32 Å². The molecule has 2 aromatic carbocycles. The Bertz CT molecular complexity index is 811. The van der Waals surface area contributed by atoms with Crippen molar-refractivity contribution in [2.24, 2.45) is 0 Å². The topological polar surface area (TPSA) is 55.4 Å². The molecule has 130 valence electrons. The van der Waals surface area contributed by atoms with E-state index in [0.29, 0.717) is 5.02 Å². The van der Waals surface area contributed by atoms with Gasteiger partial charge in [-0.2, -0.15) is 0 Å². The molecule has 0 atom stereocenters. The quantitative estimate of drug-likeness (QED) is 0.560. The molecule has 0 saturated heterocycles. The van der Waals surface area contributed by atoms with E-state index >= 15 is 0 Å². The van der Waals surface area contributed by atoms with E-state index in [0.717, 1.165) is 11.1 Å². The van der Waals surface area contributed by atoms with Crippen LogP contribution in [0.4, 0.5) is 5.69 Å². The second-order valence-corrected chi connectivity index (χ2v) is 6.40. The molecule has 1 N–H and O–H groups in total. The molecule has 0 bridgehead atoms. The van der Waals surface area contributed by atoms with Crippen LogP contribution in [0.3, 0.4) is 0 Å². The van der Waals surface area contributed by atoms with E-state index < -0.39 is 18.5 Å². The summed E-state index contributed by atoms with van der Waals surface area (Å²) in [7, 11) is 0. The molecule has 7 heteroatoms. The summed E-state index contributed by atoms with van der Waals surface area (Å²) < 4.78 is 4.88. The second kappa shape index (κ2) is 8.90. The maximum Gasteiger partial charge on any atom is 0.331 e. The molecule has 0 saturated carbocycles. The molecular formula is C18H14Cl3NO3. The van der Waals surface area contributed by atoms with Crippen LogP contribution in [-0.4, -0.2) is 18.5 Å². The largest absolute Gasteiger partial charge is 0.452 e. The molecule has 0 aliphatic rings. The number of amides is 1. The normalized spacial score (nSPS) is 10.7. The van der Waals surface area contributed by atoms with Gasteiger partial charge < -0.3 is 10.1 Å². The first-order valence-corrected chi connectivity index (χ1v) is 8.34. The summed E-state index contributed by atoms with van der Waals surface area (Å²) in [4.78, 5) is 23.5. The summed E-state index contributed by atoms with van der Waals surface area (Å²) in [6.07, 6.45) is 2.87. The Hall–Kier alpha value is -2.01. The van der Waals surface area contributed by atoms with Gasteiger partial charge in [-0.15, -0.1) is 0 Å². The maximum atomic E-state index is 11.9. The Kier molecular flexibility index (Phi) is 6.88. The third-order valence-electron chi connectivity index (χ3n) is 3.07. The average molecular weight is 399 g/mol. The van der Waals surface area contributed by atoms with Gasteiger partial charge in [0.2, 0.25) is 0 Å². The van der Waals surface area contributed by atoms with Gasteiger partial charge in [0.05, 0.1) is 15.7 Å². The SMILES string of the molecule is Cc1cccc(/C=C/C(=O)OCC(=O)Nc2c(Cl)cc(Cl)cc2Cl)c1. The maximum absolute atomic E-state index is 11.9. The fourth-order valence-corrected chi connectivity index (χ4v) is 2.87. The highest BCUT2D eigenvalue weighted by atomic mass is 35.5. The number of carbonyl (C=O) groups excluding carboxylic acids is 2. The molecule has 0 aliphatic heterocycles. The Balaban J connectivity index is 1.88. The molecule has 2 rings (SSSR count). The van der Waals surface area contributed by atoms with E-state index in [1.807, 2.05) is 31.2 Å². The highest BCUT2D eigenvalue weighted by Crippen LogP contribution is 2.33. The predicted molar refractivity (Wildman–Crippen MR) is 101 cm³/mol. The summed E-state index contributed by atoms with van der Waals surface area (Å²) in [6, 6.07) is 10.5. The molecule has 25 heavy (non-hydrogen) atoms. The fourth-order valence-electron chi connectivity index (χ4n) is 1.96. The Morgan fingerprint density at radius 1 is 1.12 bits per heavy atom. The lowest BCUT2D eigenvalue weighted by atomic mass is 10.1. The van der Waals surface area contributed by atoms with Crippen LogP contribution in [0.15, 0.2) is 42.5 Å². The highest BCUT2D eigenvalue weighted by molar-refractivity contribution is 6.42. The zero-order chi connectivity index (χ0) is 18.4. The van der Waals surface area contributed by atoms with E-state index in [1.54, 1.807) is 6.08 Å². The minimum atomic E-state index is -0.634. The van der Waals surface area contributed by atoms with Gasteiger partial charge in [-0.05, 0) is 30.7 Å². The predicted octanol–water partition coefficient (Wildman–Crippen LogP) is 5.15. The average Bonchev–Trinajstić information content (AvgIpc) is 2.54. The molecule has 1 amide bonds. The fraction of sp³-hybridized carbons (Fsp3) is 0.111. The van der Waals surface area contributed by atoms with Gasteiger partial charge in [0.15, 0.2) is 6.61 Å². The van der Waals surface area contributed by atoms with Crippen LogP contribution in [-0.2, 0) is 14.3 Å². The summed E-state index contributed by atoms with van der Waals surface area (Å²) in [5.74, 6) is -1.20. The van der Waals surface area contributed by atoms with Crippen molar-refractivity contribution in [2.45, 2.75) is 6.92 Å². The van der Waals surface area contributed by atoms with Crippen molar-refractivity contribution < 1.29 is 14.3 Å². The number of carbonyl (C=O) groups is 2. The van der Waals surface area contributed by atoms with E-state index in [1.165, 1.54) is 18.2 Å². The number of halogens is 3. The van der Waals surface area contributed by atoms with Crippen molar-refractivity contribution in [3.63, 3.8) is 0 Å². The molecule has 0 spiro atoms. The number of hydrogen-bond acceptors (Lipinski definition) is 3. The molecule has 0 radical (unpaired) electrons. The van der Waals surface area contributed by atoms with Gasteiger partial charge in [-0.3, -0.25) is 4.79 Å². The van der Waals surface area contributed by atoms with E-state index in [4.69, 9.17) is 39.5 Å². The molecule has 0 heterocycles. The smallest absolute Gasteiger partial charge is 0.331 e. The van der Waals surface area contributed by atoms with Crippen LogP contribution in [0.25, 0.3) is 6.08 Å². The molecule has 4 nitrogen and oxygen atoms in total. The first-order chi connectivity index (χ1) is 11.8. The van der Waals surface area contributed by atoms with Gasteiger partial charge in [-0.1, -0.05) is 64.6 Å². The molecule has 0 fully saturated rings. The van der Waals surface area contributed by atoms with Gasteiger partial charge in [0.25, 0.3) is 5.91 Å². The standard InChI is InChI=1S/C18H14Cl3NO3/c1-11-3-2-4-12(7-11)5-6-17(24)25-10-16(23)22-18-14(20)8-13(19)9-15(18)21/h2-9H,10H2,1H3,(H,22,23)/b6-5+. The molecule has 0 aliphatic carbocycles. The third kappa shape index (κ3) is 6.09. The van der Waals surface area contributed by atoms with Crippen LogP contribution in [0, 0.1) is 6.92 Å². The van der Waals surface area contributed by atoms with Crippen LogP contribution in [0.5, 0.6) is 0 Å². The third-order valence-corrected chi connectivity index (χ3v) is 3.89.